The van der Waals surface area contributed by atoms with E-state index in [2.05, 4.69) is 49.4 Å². The molecule has 0 amide bonds. The molecular formula is C24H27NO. The minimum Gasteiger partial charge on any atom is -0.497 e. The molecule has 4 rings (SSSR count). The number of fused-ring (bicyclic) bond motifs is 1. The zero-order valence-electron chi connectivity index (χ0n) is 15.7. The molecule has 134 valence electrons. The molecule has 0 saturated heterocycles. The van der Waals surface area contributed by atoms with Crippen LogP contribution in [0.4, 0.5) is 0 Å². The van der Waals surface area contributed by atoms with E-state index in [1.54, 1.807) is 12.7 Å². The van der Waals surface area contributed by atoms with Crippen molar-refractivity contribution in [3.8, 4) is 5.75 Å². The number of rotatable bonds is 4. The second-order valence-corrected chi connectivity index (χ2v) is 7.47. The van der Waals surface area contributed by atoms with Gasteiger partial charge in [-0.05, 0) is 68.0 Å². The topological polar surface area (TPSA) is 21.6 Å². The van der Waals surface area contributed by atoms with E-state index in [4.69, 9.17) is 9.73 Å². The van der Waals surface area contributed by atoms with Gasteiger partial charge in [0.2, 0.25) is 0 Å². The van der Waals surface area contributed by atoms with Gasteiger partial charge in [0.25, 0.3) is 0 Å². The molecule has 1 aliphatic carbocycles. The molecule has 0 bridgehead atoms. The van der Waals surface area contributed by atoms with Gasteiger partial charge in [0.1, 0.15) is 5.75 Å². The second kappa shape index (κ2) is 7.49. The summed E-state index contributed by atoms with van der Waals surface area (Å²) in [4.78, 5) is 5.19. The Balaban J connectivity index is 1.77. The highest BCUT2D eigenvalue weighted by molar-refractivity contribution is 6.14. The molecule has 1 heterocycles. The summed E-state index contributed by atoms with van der Waals surface area (Å²) in [7, 11) is 1.71. The molecule has 0 spiro atoms. The van der Waals surface area contributed by atoms with Crippen molar-refractivity contribution in [1.82, 2.24) is 0 Å². The second-order valence-electron chi connectivity index (χ2n) is 7.47. The summed E-state index contributed by atoms with van der Waals surface area (Å²) in [6.07, 6.45) is 6.14. The maximum Gasteiger partial charge on any atom is 0.118 e. The first kappa shape index (κ1) is 17.1. The van der Waals surface area contributed by atoms with E-state index in [-0.39, 0.29) is 0 Å². The molecule has 2 nitrogen and oxygen atoms in total. The average molecular weight is 345 g/mol. The number of allylic oxidation sites excluding steroid dienone is 1. The number of nitrogens with zero attached hydrogens (tertiary/aromatic N) is 1. The van der Waals surface area contributed by atoms with Gasteiger partial charge in [-0.25, -0.2) is 0 Å². The SMILES string of the molecule is COc1ccc(C2=NC(C)C3CCCCC3=C2Cc2ccccc2)cc1. The number of methoxy groups -OCH3 is 1. The van der Waals surface area contributed by atoms with E-state index >= 15 is 0 Å². The maximum atomic E-state index is 5.33. The van der Waals surface area contributed by atoms with Crippen molar-refractivity contribution in [3.63, 3.8) is 0 Å². The van der Waals surface area contributed by atoms with Crippen LogP contribution < -0.4 is 4.74 Å². The predicted molar refractivity (Wildman–Crippen MR) is 108 cm³/mol. The molecule has 2 unspecified atom stereocenters. The van der Waals surface area contributed by atoms with Crippen molar-refractivity contribution < 1.29 is 4.74 Å². The van der Waals surface area contributed by atoms with E-state index in [1.807, 2.05) is 12.1 Å². The van der Waals surface area contributed by atoms with E-state index in [1.165, 1.54) is 48.1 Å². The summed E-state index contributed by atoms with van der Waals surface area (Å²) in [6.45, 7) is 2.29. The molecule has 2 aromatic rings. The van der Waals surface area contributed by atoms with E-state index < -0.39 is 0 Å². The summed E-state index contributed by atoms with van der Waals surface area (Å²) in [6, 6.07) is 19.6. The average Bonchev–Trinajstić information content (AvgIpc) is 2.71. The van der Waals surface area contributed by atoms with Crippen molar-refractivity contribution in [1.29, 1.82) is 0 Å². The van der Waals surface area contributed by atoms with Crippen molar-refractivity contribution in [2.75, 3.05) is 7.11 Å². The number of ether oxygens (including phenoxy) is 1. The highest BCUT2D eigenvalue weighted by atomic mass is 16.5. The zero-order chi connectivity index (χ0) is 17.9. The van der Waals surface area contributed by atoms with Crippen molar-refractivity contribution in [3.05, 3.63) is 76.9 Å². The lowest BCUT2D eigenvalue weighted by atomic mass is 9.73. The van der Waals surface area contributed by atoms with Crippen LogP contribution in [0.15, 0.2) is 70.7 Å². The fraction of sp³-hybridized carbons (Fsp3) is 0.375. The van der Waals surface area contributed by atoms with Crippen LogP contribution in [0.3, 0.4) is 0 Å². The fourth-order valence-electron chi connectivity index (χ4n) is 4.46. The molecule has 2 aromatic carbocycles. The molecular weight excluding hydrogens is 318 g/mol. The third-order valence-corrected chi connectivity index (χ3v) is 5.83. The summed E-state index contributed by atoms with van der Waals surface area (Å²) in [5, 5.41) is 0. The molecule has 0 N–H and O–H groups in total. The van der Waals surface area contributed by atoms with Gasteiger partial charge in [-0.2, -0.15) is 0 Å². The normalized spacial score (nSPS) is 22.6. The Morgan fingerprint density at radius 2 is 1.77 bits per heavy atom. The van der Waals surface area contributed by atoms with Gasteiger partial charge in [-0.3, -0.25) is 4.99 Å². The maximum absolute atomic E-state index is 5.33. The Hall–Kier alpha value is -2.35. The Kier molecular flexibility index (Phi) is 4.92. The first-order valence-corrected chi connectivity index (χ1v) is 9.74. The van der Waals surface area contributed by atoms with Crippen molar-refractivity contribution in [2.45, 2.75) is 45.1 Å². The third-order valence-electron chi connectivity index (χ3n) is 5.83. The lowest BCUT2D eigenvalue weighted by molar-refractivity contribution is 0.393. The first-order valence-electron chi connectivity index (χ1n) is 9.74. The van der Waals surface area contributed by atoms with Crippen LogP contribution in [0.1, 0.15) is 43.7 Å². The van der Waals surface area contributed by atoms with Crippen LogP contribution in [0.2, 0.25) is 0 Å². The van der Waals surface area contributed by atoms with Crippen LogP contribution in [0, 0.1) is 5.92 Å². The van der Waals surface area contributed by atoms with Crippen molar-refractivity contribution in [2.24, 2.45) is 10.9 Å². The summed E-state index contributed by atoms with van der Waals surface area (Å²) in [5.41, 5.74) is 6.89. The molecule has 1 fully saturated rings. The zero-order valence-corrected chi connectivity index (χ0v) is 15.7. The molecule has 2 atom stereocenters. The summed E-state index contributed by atoms with van der Waals surface area (Å²) < 4.78 is 5.33. The largest absolute Gasteiger partial charge is 0.497 e. The van der Waals surface area contributed by atoms with E-state index in [0.29, 0.717) is 12.0 Å². The molecule has 0 radical (unpaired) electrons. The summed E-state index contributed by atoms with van der Waals surface area (Å²) in [5.74, 6) is 1.52. The number of hydrogen-bond donors (Lipinski definition) is 0. The van der Waals surface area contributed by atoms with E-state index in [9.17, 15) is 0 Å². The Morgan fingerprint density at radius 1 is 1.00 bits per heavy atom. The molecule has 0 aromatic heterocycles. The smallest absolute Gasteiger partial charge is 0.118 e. The number of benzene rings is 2. The summed E-state index contributed by atoms with van der Waals surface area (Å²) >= 11 is 0. The minimum absolute atomic E-state index is 0.377. The number of dihydropyridines is 1. The Morgan fingerprint density at radius 3 is 2.50 bits per heavy atom. The van der Waals surface area contributed by atoms with Gasteiger partial charge in [-0.1, -0.05) is 42.3 Å². The van der Waals surface area contributed by atoms with Gasteiger partial charge in [0.15, 0.2) is 0 Å². The highest BCUT2D eigenvalue weighted by Gasteiger charge is 2.32. The molecule has 2 heteroatoms. The van der Waals surface area contributed by atoms with Crippen LogP contribution >= 0.6 is 0 Å². The van der Waals surface area contributed by atoms with Gasteiger partial charge < -0.3 is 4.74 Å². The lowest BCUT2D eigenvalue weighted by Crippen LogP contribution is -2.30. The van der Waals surface area contributed by atoms with Crippen LogP contribution in [-0.4, -0.2) is 18.9 Å². The molecule has 1 aliphatic heterocycles. The van der Waals surface area contributed by atoms with E-state index in [0.717, 1.165) is 12.2 Å². The standard InChI is InChI=1S/C24H27NO/c1-17-21-10-6-7-11-22(21)23(16-18-8-4-3-5-9-18)24(25-17)19-12-14-20(26-2)15-13-19/h3-5,8-9,12-15,17,21H,6-7,10-11,16H2,1-2H3. The minimum atomic E-state index is 0.377. The lowest BCUT2D eigenvalue weighted by Gasteiger charge is -2.36. The van der Waals surface area contributed by atoms with Gasteiger partial charge in [-0.15, -0.1) is 0 Å². The fourth-order valence-corrected chi connectivity index (χ4v) is 4.46. The van der Waals surface area contributed by atoms with Crippen LogP contribution in [-0.2, 0) is 6.42 Å². The van der Waals surface area contributed by atoms with Crippen molar-refractivity contribution >= 4 is 5.71 Å². The quantitative estimate of drug-likeness (QED) is 0.705. The van der Waals surface area contributed by atoms with Gasteiger partial charge >= 0.3 is 0 Å². The molecule has 1 saturated carbocycles. The van der Waals surface area contributed by atoms with Crippen LogP contribution in [0.25, 0.3) is 0 Å². The molecule has 2 aliphatic rings. The van der Waals surface area contributed by atoms with Crippen LogP contribution in [0.5, 0.6) is 5.75 Å². The number of aliphatic imine (C=N–C) groups is 1. The Bertz CT molecular complexity index is 817. The monoisotopic (exact) mass is 345 g/mol. The predicted octanol–water partition coefficient (Wildman–Crippen LogP) is 5.62. The Labute approximate surface area is 156 Å². The van der Waals surface area contributed by atoms with Gasteiger partial charge in [0.05, 0.1) is 18.9 Å². The molecule has 26 heavy (non-hydrogen) atoms. The first-order chi connectivity index (χ1) is 12.8. The highest BCUT2D eigenvalue weighted by Crippen LogP contribution is 2.40. The third kappa shape index (κ3) is 3.33. The number of hydrogen-bond acceptors (Lipinski definition) is 2. The van der Waals surface area contributed by atoms with Gasteiger partial charge in [0, 0.05) is 11.5 Å².